The quantitative estimate of drug-likeness (QED) is 0.590. The van der Waals surface area contributed by atoms with Gasteiger partial charge in [0.05, 0.1) is 6.21 Å². The zero-order valence-electron chi connectivity index (χ0n) is 10.2. The number of fused-ring (bicyclic) bond motifs is 1. The maximum absolute atomic E-state index is 11.2. The number of hydrogen-bond acceptors (Lipinski definition) is 3. The van der Waals surface area contributed by atoms with E-state index in [9.17, 15) is 4.79 Å². The lowest BCUT2D eigenvalue weighted by Crippen LogP contribution is -2.65. The van der Waals surface area contributed by atoms with Gasteiger partial charge in [0.2, 0.25) is 0 Å². The Morgan fingerprint density at radius 2 is 2.33 bits per heavy atom. The second kappa shape index (κ2) is 5.46. The van der Waals surface area contributed by atoms with Crippen LogP contribution in [0.3, 0.4) is 0 Å². The molecule has 0 spiro atoms. The molecule has 1 amide bonds. The lowest BCUT2D eigenvalue weighted by atomic mass is 10.1. The number of hydrogen-bond donors (Lipinski definition) is 2. The number of benzene rings is 1. The highest BCUT2D eigenvalue weighted by molar-refractivity contribution is 5.89. The van der Waals surface area contributed by atoms with Crippen LogP contribution in [0.4, 0.5) is 0 Å². The van der Waals surface area contributed by atoms with E-state index in [1.165, 1.54) is 0 Å². The van der Waals surface area contributed by atoms with Gasteiger partial charge in [0.1, 0.15) is 12.4 Å². The summed E-state index contributed by atoms with van der Waals surface area (Å²) in [6.45, 7) is 2.17. The molecule has 94 valence electrons. The highest BCUT2D eigenvalue weighted by Gasteiger charge is 2.10. The zero-order chi connectivity index (χ0) is 13.0. The summed E-state index contributed by atoms with van der Waals surface area (Å²) >= 11 is 0. The molecule has 2 rings (SSSR count). The normalized spacial score (nSPS) is 15.6. The number of carbonyl (C=O) groups excluding carboxylic acids is 1. The van der Waals surface area contributed by atoms with Crippen LogP contribution >= 0.6 is 0 Å². The lowest BCUT2D eigenvalue weighted by molar-refractivity contribution is -0.398. The van der Waals surface area contributed by atoms with Crippen LogP contribution < -0.4 is 15.9 Å². The van der Waals surface area contributed by atoms with Crippen LogP contribution in [0.25, 0.3) is 6.08 Å². The molecule has 1 aliphatic heterocycles. The van der Waals surface area contributed by atoms with Crippen molar-refractivity contribution in [3.8, 4) is 5.75 Å². The van der Waals surface area contributed by atoms with Crippen molar-refractivity contribution in [3.05, 3.63) is 35.4 Å². The summed E-state index contributed by atoms with van der Waals surface area (Å²) in [7, 11) is 0. The van der Waals surface area contributed by atoms with Crippen molar-refractivity contribution in [1.82, 2.24) is 5.43 Å². The summed E-state index contributed by atoms with van der Waals surface area (Å²) in [4.78, 5) is 11.2. The second-order valence-electron chi connectivity index (χ2n) is 4.18. The molecular weight excluding hydrogens is 230 g/mol. The number of hydrazone groups is 1. The van der Waals surface area contributed by atoms with E-state index in [4.69, 9.17) is 4.74 Å². The molecule has 0 unspecified atom stereocenters. The van der Waals surface area contributed by atoms with E-state index in [0.29, 0.717) is 6.61 Å². The molecule has 1 aromatic carbocycles. The SMILES string of the molecule is C[C@@H]([NH3+])C(=O)N/N=C\C1=Cc2ccccc2OC1. The first-order valence-corrected chi connectivity index (χ1v) is 5.75. The predicted molar refractivity (Wildman–Crippen MR) is 68.9 cm³/mol. The topological polar surface area (TPSA) is 78.3 Å². The molecule has 1 aliphatic rings. The average molecular weight is 246 g/mol. The van der Waals surface area contributed by atoms with Gasteiger partial charge < -0.3 is 10.5 Å². The largest absolute Gasteiger partial charge is 0.488 e. The summed E-state index contributed by atoms with van der Waals surface area (Å²) < 4.78 is 5.56. The Hall–Kier alpha value is -2.14. The first-order valence-electron chi connectivity index (χ1n) is 5.75. The van der Waals surface area contributed by atoms with Gasteiger partial charge in [-0.25, -0.2) is 5.43 Å². The van der Waals surface area contributed by atoms with Crippen molar-refractivity contribution in [2.75, 3.05) is 6.61 Å². The maximum Gasteiger partial charge on any atom is 0.297 e. The van der Waals surface area contributed by atoms with Crippen molar-refractivity contribution >= 4 is 18.2 Å². The molecule has 0 fully saturated rings. The molecular formula is C13H16N3O2+. The number of nitrogens with zero attached hydrogens (tertiary/aromatic N) is 1. The summed E-state index contributed by atoms with van der Waals surface area (Å²) in [6.07, 6.45) is 3.58. The van der Waals surface area contributed by atoms with E-state index >= 15 is 0 Å². The van der Waals surface area contributed by atoms with E-state index in [2.05, 4.69) is 16.3 Å². The first kappa shape index (κ1) is 12.3. The van der Waals surface area contributed by atoms with Crippen molar-refractivity contribution < 1.29 is 15.3 Å². The Morgan fingerprint density at radius 1 is 1.56 bits per heavy atom. The Balaban J connectivity index is 2.02. The van der Waals surface area contributed by atoms with Gasteiger partial charge in [-0.3, -0.25) is 4.79 Å². The number of ether oxygens (including phenoxy) is 1. The zero-order valence-corrected chi connectivity index (χ0v) is 10.2. The van der Waals surface area contributed by atoms with Crippen LogP contribution in [0, 0.1) is 0 Å². The summed E-state index contributed by atoms with van der Waals surface area (Å²) in [5, 5.41) is 3.88. The number of para-hydroxylation sites is 1. The Morgan fingerprint density at radius 3 is 3.11 bits per heavy atom. The minimum Gasteiger partial charge on any atom is -0.488 e. The Kier molecular flexibility index (Phi) is 3.74. The number of quaternary nitrogens is 1. The van der Waals surface area contributed by atoms with Gasteiger partial charge in [0.25, 0.3) is 5.91 Å². The lowest BCUT2D eigenvalue weighted by Gasteiger charge is -2.15. The van der Waals surface area contributed by atoms with Gasteiger partial charge in [-0.2, -0.15) is 5.10 Å². The first-order chi connectivity index (χ1) is 8.66. The van der Waals surface area contributed by atoms with Crippen molar-refractivity contribution in [2.45, 2.75) is 13.0 Å². The van der Waals surface area contributed by atoms with Crippen LogP contribution in [-0.2, 0) is 4.79 Å². The third kappa shape index (κ3) is 2.95. The van der Waals surface area contributed by atoms with E-state index in [1.54, 1.807) is 13.1 Å². The minimum atomic E-state index is -0.320. The van der Waals surface area contributed by atoms with Crippen LogP contribution in [0.5, 0.6) is 5.75 Å². The number of nitrogens with one attached hydrogen (secondary N) is 1. The smallest absolute Gasteiger partial charge is 0.297 e. The van der Waals surface area contributed by atoms with Gasteiger partial charge >= 0.3 is 0 Å². The van der Waals surface area contributed by atoms with Crippen LogP contribution in [0.1, 0.15) is 12.5 Å². The molecule has 0 bridgehead atoms. The van der Waals surface area contributed by atoms with Gasteiger partial charge in [0, 0.05) is 11.1 Å². The fourth-order valence-electron chi connectivity index (χ4n) is 1.50. The third-order valence-electron chi connectivity index (χ3n) is 2.51. The summed E-state index contributed by atoms with van der Waals surface area (Å²) in [6, 6.07) is 7.46. The summed E-state index contributed by atoms with van der Waals surface area (Å²) in [5.41, 5.74) is 7.96. The fraction of sp³-hybridized carbons (Fsp3) is 0.231. The highest BCUT2D eigenvalue weighted by atomic mass is 16.5. The summed E-state index contributed by atoms with van der Waals surface area (Å²) in [5.74, 6) is 0.661. The highest BCUT2D eigenvalue weighted by Crippen LogP contribution is 2.24. The van der Waals surface area contributed by atoms with E-state index < -0.39 is 0 Å². The van der Waals surface area contributed by atoms with Crippen LogP contribution in [-0.4, -0.2) is 24.8 Å². The molecule has 0 aromatic heterocycles. The van der Waals surface area contributed by atoms with Gasteiger partial charge in [-0.1, -0.05) is 18.2 Å². The standard InChI is InChI=1S/C13H15N3O2/c1-9(14)13(17)16-15-7-10-6-11-4-2-3-5-12(11)18-8-10/h2-7,9H,8,14H2,1H3,(H,16,17)/p+1/b15-7-/t9-/m1/s1. The molecule has 0 aliphatic carbocycles. The molecule has 1 heterocycles. The Bertz CT molecular complexity index is 507. The van der Waals surface area contributed by atoms with Crippen LogP contribution in [0.2, 0.25) is 0 Å². The number of amides is 1. The van der Waals surface area contributed by atoms with Crippen molar-refractivity contribution in [1.29, 1.82) is 0 Å². The van der Waals surface area contributed by atoms with E-state index in [-0.39, 0.29) is 11.9 Å². The van der Waals surface area contributed by atoms with E-state index in [1.807, 2.05) is 30.3 Å². The predicted octanol–water partition coefficient (Wildman–Crippen LogP) is 0.195. The van der Waals surface area contributed by atoms with Gasteiger partial charge in [-0.05, 0) is 19.1 Å². The fourth-order valence-corrected chi connectivity index (χ4v) is 1.50. The Labute approximate surface area is 105 Å². The molecule has 1 aromatic rings. The minimum absolute atomic E-state index is 0.205. The molecule has 1 atom stereocenters. The molecule has 4 N–H and O–H groups in total. The van der Waals surface area contributed by atoms with E-state index in [0.717, 1.165) is 16.9 Å². The van der Waals surface area contributed by atoms with Gasteiger partial charge in [-0.15, -0.1) is 0 Å². The average Bonchev–Trinajstić information content (AvgIpc) is 2.38. The molecule has 0 saturated carbocycles. The molecule has 5 nitrogen and oxygen atoms in total. The molecule has 0 saturated heterocycles. The molecule has 5 heteroatoms. The van der Waals surface area contributed by atoms with Crippen molar-refractivity contribution in [2.24, 2.45) is 5.10 Å². The van der Waals surface area contributed by atoms with Crippen LogP contribution in [0.15, 0.2) is 34.9 Å². The monoisotopic (exact) mass is 246 g/mol. The molecule has 18 heavy (non-hydrogen) atoms. The van der Waals surface area contributed by atoms with Crippen molar-refractivity contribution in [3.63, 3.8) is 0 Å². The number of rotatable bonds is 3. The molecule has 0 radical (unpaired) electrons. The van der Waals surface area contributed by atoms with Gasteiger partial charge in [0.15, 0.2) is 6.04 Å². The number of carbonyl (C=O) groups is 1. The second-order valence-corrected chi connectivity index (χ2v) is 4.18. The maximum atomic E-state index is 11.2. The third-order valence-corrected chi connectivity index (χ3v) is 2.51.